The summed E-state index contributed by atoms with van der Waals surface area (Å²) in [6, 6.07) is 12.9. The van der Waals surface area contributed by atoms with Gasteiger partial charge in [-0.15, -0.1) is 0 Å². The molecule has 0 radical (unpaired) electrons. The van der Waals surface area contributed by atoms with E-state index in [1.54, 1.807) is 11.0 Å². The second kappa shape index (κ2) is 7.71. The number of anilines is 2. The summed E-state index contributed by atoms with van der Waals surface area (Å²) in [6.45, 7) is 5.10. The number of fused-ring (bicyclic) bond motifs is 5. The van der Waals surface area contributed by atoms with Crippen molar-refractivity contribution in [3.63, 3.8) is 0 Å². The van der Waals surface area contributed by atoms with Crippen LogP contribution in [-0.4, -0.2) is 59.2 Å². The minimum absolute atomic E-state index is 0.00934. The molecule has 0 spiro atoms. The molecule has 8 nitrogen and oxygen atoms in total. The van der Waals surface area contributed by atoms with Gasteiger partial charge in [-0.25, -0.2) is 0 Å². The van der Waals surface area contributed by atoms with Crippen LogP contribution in [0.5, 0.6) is 11.5 Å². The molecule has 34 heavy (non-hydrogen) atoms. The molecular weight excluding hydrogens is 434 g/mol. The smallest absolute Gasteiger partial charge is 0.244 e. The van der Waals surface area contributed by atoms with Crippen LogP contribution in [0.25, 0.3) is 0 Å². The summed E-state index contributed by atoms with van der Waals surface area (Å²) < 4.78 is 12.9. The second-order valence-corrected chi connectivity index (χ2v) is 10.2. The standard InChI is InChI=1S/C26H29N3O5/c1-26(2)16-12-19-21(33-24(16)15-6-5-9-20(30)25(15)34-26)10-11-28(19)14-23(32)29-13-22(31)27-17-7-3-4-8-18(17)29/h3-9,16,19,21,24,30H,10-14H2,1-2H3,(H,27,31)/t16-,19+,21-,24+/m1/s1. The number of para-hydroxylation sites is 3. The SMILES string of the molecule is CC1(C)Oc2c(O)cccc2[C@@H]2O[C@@H]3CCN(CC(=O)N4CC(=O)Nc5ccccc54)[C@H]3C[C@H]21. The summed E-state index contributed by atoms with van der Waals surface area (Å²) in [5, 5.41) is 13.2. The van der Waals surface area contributed by atoms with Gasteiger partial charge < -0.3 is 19.9 Å². The molecule has 4 atom stereocenters. The summed E-state index contributed by atoms with van der Waals surface area (Å²) in [6.07, 6.45) is 1.53. The van der Waals surface area contributed by atoms with E-state index in [4.69, 9.17) is 9.47 Å². The van der Waals surface area contributed by atoms with Crippen LogP contribution in [-0.2, 0) is 14.3 Å². The van der Waals surface area contributed by atoms with Crippen LogP contribution in [0.15, 0.2) is 42.5 Å². The molecule has 4 aliphatic heterocycles. The highest BCUT2D eigenvalue weighted by Crippen LogP contribution is 2.54. The highest BCUT2D eigenvalue weighted by atomic mass is 16.5. The normalized spacial score (nSPS) is 29.2. The third-order valence-electron chi connectivity index (χ3n) is 7.78. The van der Waals surface area contributed by atoms with E-state index in [1.807, 2.05) is 50.2 Å². The van der Waals surface area contributed by atoms with E-state index in [9.17, 15) is 14.7 Å². The quantitative estimate of drug-likeness (QED) is 0.711. The number of carbonyl (C=O) groups excluding carboxylic acids is 2. The maximum Gasteiger partial charge on any atom is 0.244 e. The first-order valence-corrected chi connectivity index (χ1v) is 11.9. The van der Waals surface area contributed by atoms with Gasteiger partial charge in [0, 0.05) is 24.1 Å². The Morgan fingerprint density at radius 1 is 1.21 bits per heavy atom. The van der Waals surface area contributed by atoms with E-state index in [-0.39, 0.29) is 54.8 Å². The first-order chi connectivity index (χ1) is 16.3. The van der Waals surface area contributed by atoms with E-state index < -0.39 is 5.60 Å². The molecule has 2 aromatic carbocycles. The highest BCUT2D eigenvalue weighted by molar-refractivity contribution is 6.10. The summed E-state index contributed by atoms with van der Waals surface area (Å²) in [5.74, 6) is 0.469. The van der Waals surface area contributed by atoms with E-state index in [2.05, 4.69) is 10.2 Å². The second-order valence-electron chi connectivity index (χ2n) is 10.2. The Kier molecular flexibility index (Phi) is 4.86. The van der Waals surface area contributed by atoms with Crippen LogP contribution in [0.1, 0.15) is 38.4 Å². The molecule has 178 valence electrons. The fourth-order valence-electron chi connectivity index (χ4n) is 6.08. The van der Waals surface area contributed by atoms with E-state index >= 15 is 0 Å². The number of benzene rings is 2. The molecule has 0 aliphatic carbocycles. The maximum atomic E-state index is 13.4. The Bertz CT molecular complexity index is 1160. The highest BCUT2D eigenvalue weighted by Gasteiger charge is 2.53. The molecule has 0 saturated carbocycles. The van der Waals surface area contributed by atoms with Gasteiger partial charge in [0.1, 0.15) is 12.1 Å². The number of phenols is 1. The van der Waals surface area contributed by atoms with Crippen molar-refractivity contribution in [2.45, 2.75) is 50.5 Å². The molecule has 4 aliphatic rings. The van der Waals surface area contributed by atoms with Crippen molar-refractivity contribution in [3.05, 3.63) is 48.0 Å². The van der Waals surface area contributed by atoms with Crippen LogP contribution in [0.3, 0.4) is 0 Å². The molecule has 0 unspecified atom stereocenters. The maximum absolute atomic E-state index is 13.4. The van der Waals surface area contributed by atoms with Gasteiger partial charge in [-0.2, -0.15) is 0 Å². The lowest BCUT2D eigenvalue weighted by Crippen LogP contribution is -2.55. The number of phenolic OH excluding ortho intramolecular Hbond substituents is 1. The van der Waals surface area contributed by atoms with Crippen molar-refractivity contribution < 1.29 is 24.2 Å². The van der Waals surface area contributed by atoms with Crippen molar-refractivity contribution >= 4 is 23.2 Å². The molecule has 0 aromatic heterocycles. The molecule has 2 N–H and O–H groups in total. The number of nitrogens with one attached hydrogen (secondary N) is 1. The Hall–Kier alpha value is -3.10. The lowest BCUT2D eigenvalue weighted by atomic mass is 9.74. The van der Waals surface area contributed by atoms with Gasteiger partial charge in [0.2, 0.25) is 11.8 Å². The van der Waals surface area contributed by atoms with Gasteiger partial charge in [-0.1, -0.05) is 24.3 Å². The van der Waals surface area contributed by atoms with E-state index in [1.165, 1.54) is 0 Å². The van der Waals surface area contributed by atoms with Crippen molar-refractivity contribution in [2.75, 3.05) is 29.9 Å². The number of hydrogen-bond acceptors (Lipinski definition) is 6. The molecule has 2 fully saturated rings. The molecular formula is C26H29N3O5. The van der Waals surface area contributed by atoms with Crippen molar-refractivity contribution in [3.8, 4) is 11.5 Å². The first kappa shape index (κ1) is 21.4. The fraction of sp³-hybridized carbons (Fsp3) is 0.462. The fourth-order valence-corrected chi connectivity index (χ4v) is 6.08. The zero-order chi connectivity index (χ0) is 23.6. The summed E-state index contributed by atoms with van der Waals surface area (Å²) in [5.41, 5.74) is 1.77. The van der Waals surface area contributed by atoms with Crippen LogP contribution >= 0.6 is 0 Å². The predicted molar refractivity (Wildman–Crippen MR) is 126 cm³/mol. The third-order valence-corrected chi connectivity index (χ3v) is 7.78. The average molecular weight is 464 g/mol. The number of hydrogen-bond donors (Lipinski definition) is 2. The first-order valence-electron chi connectivity index (χ1n) is 11.9. The molecule has 0 bridgehead atoms. The molecule has 4 heterocycles. The Labute approximate surface area is 198 Å². The van der Waals surface area contributed by atoms with E-state index in [0.717, 1.165) is 30.6 Å². The number of nitrogens with zero attached hydrogens (tertiary/aromatic N) is 2. The Morgan fingerprint density at radius 3 is 2.88 bits per heavy atom. The summed E-state index contributed by atoms with van der Waals surface area (Å²) in [4.78, 5) is 29.3. The third kappa shape index (κ3) is 3.35. The van der Waals surface area contributed by atoms with Gasteiger partial charge in [0.05, 0.1) is 30.1 Å². The molecule has 6 rings (SSSR count). The Balaban J connectivity index is 1.23. The minimum Gasteiger partial charge on any atom is -0.504 e. The van der Waals surface area contributed by atoms with Crippen LogP contribution < -0.4 is 15.0 Å². The van der Waals surface area contributed by atoms with Crippen molar-refractivity contribution in [1.82, 2.24) is 4.90 Å². The topological polar surface area (TPSA) is 91.3 Å². The monoisotopic (exact) mass is 463 g/mol. The summed E-state index contributed by atoms with van der Waals surface area (Å²) in [7, 11) is 0. The van der Waals surface area contributed by atoms with Gasteiger partial charge in [0.15, 0.2) is 11.5 Å². The molecule has 2 amide bonds. The predicted octanol–water partition coefficient (Wildman–Crippen LogP) is 3.07. The van der Waals surface area contributed by atoms with Crippen LogP contribution in [0.2, 0.25) is 0 Å². The largest absolute Gasteiger partial charge is 0.504 e. The number of rotatable bonds is 2. The van der Waals surface area contributed by atoms with Crippen molar-refractivity contribution in [1.29, 1.82) is 0 Å². The van der Waals surface area contributed by atoms with Gasteiger partial charge >= 0.3 is 0 Å². The zero-order valence-corrected chi connectivity index (χ0v) is 19.4. The van der Waals surface area contributed by atoms with Crippen molar-refractivity contribution in [2.24, 2.45) is 5.92 Å². The molecule has 8 heteroatoms. The number of aromatic hydroxyl groups is 1. The number of carbonyl (C=O) groups is 2. The van der Waals surface area contributed by atoms with Gasteiger partial charge in [0.25, 0.3) is 0 Å². The molecule has 2 saturated heterocycles. The summed E-state index contributed by atoms with van der Waals surface area (Å²) >= 11 is 0. The van der Waals surface area contributed by atoms with Crippen LogP contribution in [0.4, 0.5) is 11.4 Å². The zero-order valence-electron chi connectivity index (χ0n) is 19.4. The lowest BCUT2D eigenvalue weighted by Gasteiger charge is -2.50. The molecule has 2 aromatic rings. The average Bonchev–Trinajstić information content (AvgIpc) is 3.20. The lowest BCUT2D eigenvalue weighted by molar-refractivity contribution is -0.163. The Morgan fingerprint density at radius 2 is 2.03 bits per heavy atom. The number of likely N-dealkylation sites (tertiary alicyclic amines) is 1. The van der Waals surface area contributed by atoms with Gasteiger partial charge in [-0.3, -0.25) is 19.4 Å². The number of ether oxygens (including phenoxy) is 2. The van der Waals surface area contributed by atoms with E-state index in [0.29, 0.717) is 11.4 Å². The van der Waals surface area contributed by atoms with Crippen LogP contribution in [0, 0.1) is 5.92 Å². The van der Waals surface area contributed by atoms with Gasteiger partial charge in [-0.05, 0) is 44.9 Å². The number of amides is 2. The minimum atomic E-state index is -0.524.